The minimum absolute atomic E-state index is 0.0233. The standard InChI is InChI=1S/C26H35N5O5/c1-16(2)28-26(35)30(5)14-22-17(3)13-31(18(4)15-32)25(34)20-7-6-8-21(23(20)36-22)29-24(33)19-9-11-27-12-10-19/h6-12,16-18,22,32H,13-15H2,1-5H3,(H,28,35)(H,29,33)/t17-,18+,22+/m1/s1. The summed E-state index contributed by atoms with van der Waals surface area (Å²) in [7, 11) is 1.68. The fourth-order valence-corrected chi connectivity index (χ4v) is 3.97. The van der Waals surface area contributed by atoms with Crippen molar-refractivity contribution in [3.63, 3.8) is 0 Å². The minimum Gasteiger partial charge on any atom is -0.485 e. The van der Waals surface area contributed by atoms with Crippen molar-refractivity contribution in [2.75, 3.05) is 32.1 Å². The molecular formula is C26H35N5O5. The first-order valence-electron chi connectivity index (χ1n) is 12.1. The van der Waals surface area contributed by atoms with E-state index in [1.54, 1.807) is 54.1 Å². The zero-order valence-corrected chi connectivity index (χ0v) is 21.4. The van der Waals surface area contributed by atoms with Crippen molar-refractivity contribution in [2.24, 2.45) is 5.92 Å². The van der Waals surface area contributed by atoms with Crippen molar-refractivity contribution in [2.45, 2.75) is 45.9 Å². The average molecular weight is 498 g/mol. The van der Waals surface area contributed by atoms with Gasteiger partial charge in [0, 0.05) is 43.5 Å². The van der Waals surface area contributed by atoms with Crippen LogP contribution in [0.2, 0.25) is 0 Å². The second-order valence-electron chi connectivity index (χ2n) is 9.48. The van der Waals surface area contributed by atoms with Crippen LogP contribution in [-0.2, 0) is 0 Å². The number of hydrogen-bond donors (Lipinski definition) is 3. The number of rotatable bonds is 7. The fraction of sp³-hybridized carbons (Fsp3) is 0.462. The number of nitrogens with one attached hydrogen (secondary N) is 2. The Hall–Kier alpha value is -3.66. The molecule has 0 aliphatic carbocycles. The van der Waals surface area contributed by atoms with E-state index in [0.717, 1.165) is 0 Å². The molecule has 0 saturated carbocycles. The Kier molecular flexibility index (Phi) is 8.87. The molecule has 0 radical (unpaired) electrons. The number of nitrogens with zero attached hydrogens (tertiary/aromatic N) is 3. The number of ether oxygens (including phenoxy) is 1. The topological polar surface area (TPSA) is 124 Å². The van der Waals surface area contributed by atoms with Crippen molar-refractivity contribution < 1.29 is 24.2 Å². The van der Waals surface area contributed by atoms with Crippen LogP contribution in [0, 0.1) is 5.92 Å². The number of aromatic nitrogens is 1. The zero-order valence-electron chi connectivity index (χ0n) is 21.4. The third-order valence-electron chi connectivity index (χ3n) is 6.09. The molecule has 36 heavy (non-hydrogen) atoms. The van der Waals surface area contributed by atoms with Gasteiger partial charge < -0.3 is 30.3 Å². The molecule has 2 aromatic rings. The summed E-state index contributed by atoms with van der Waals surface area (Å²) in [4.78, 5) is 46.1. The monoisotopic (exact) mass is 497 g/mol. The second-order valence-corrected chi connectivity index (χ2v) is 9.48. The summed E-state index contributed by atoms with van der Waals surface area (Å²) in [6.45, 7) is 7.86. The molecule has 3 rings (SSSR count). The van der Waals surface area contributed by atoms with E-state index in [-0.39, 0.29) is 54.3 Å². The van der Waals surface area contributed by atoms with Gasteiger partial charge >= 0.3 is 6.03 Å². The summed E-state index contributed by atoms with van der Waals surface area (Å²) >= 11 is 0. The molecule has 2 heterocycles. The number of amides is 4. The third-order valence-corrected chi connectivity index (χ3v) is 6.09. The van der Waals surface area contributed by atoms with Crippen LogP contribution < -0.4 is 15.4 Å². The molecule has 10 heteroatoms. The molecule has 194 valence electrons. The third kappa shape index (κ3) is 6.31. The largest absolute Gasteiger partial charge is 0.485 e. The van der Waals surface area contributed by atoms with E-state index in [2.05, 4.69) is 15.6 Å². The molecule has 0 fully saturated rings. The minimum atomic E-state index is -0.493. The molecule has 3 N–H and O–H groups in total. The first-order valence-corrected chi connectivity index (χ1v) is 12.1. The smallest absolute Gasteiger partial charge is 0.317 e. The molecule has 0 unspecified atom stereocenters. The number of aliphatic hydroxyl groups excluding tert-OH is 1. The average Bonchev–Trinajstić information content (AvgIpc) is 2.86. The highest BCUT2D eigenvalue weighted by Crippen LogP contribution is 2.35. The summed E-state index contributed by atoms with van der Waals surface area (Å²) in [5.41, 5.74) is 1.02. The Morgan fingerprint density at radius 3 is 2.56 bits per heavy atom. The van der Waals surface area contributed by atoms with E-state index in [1.807, 2.05) is 20.8 Å². The van der Waals surface area contributed by atoms with E-state index in [9.17, 15) is 19.5 Å². The summed E-state index contributed by atoms with van der Waals surface area (Å²) in [5.74, 6) is -0.631. The second kappa shape index (κ2) is 11.9. The molecule has 4 amide bonds. The van der Waals surface area contributed by atoms with Gasteiger partial charge in [0.15, 0.2) is 5.75 Å². The summed E-state index contributed by atoms with van der Waals surface area (Å²) in [6.07, 6.45) is 2.55. The van der Waals surface area contributed by atoms with Crippen LogP contribution in [0.4, 0.5) is 10.5 Å². The predicted octanol–water partition coefficient (Wildman–Crippen LogP) is 2.60. The number of para-hydroxylation sites is 1. The number of anilines is 1. The highest BCUT2D eigenvalue weighted by atomic mass is 16.5. The summed E-state index contributed by atoms with van der Waals surface area (Å²) < 4.78 is 6.42. The molecule has 3 atom stereocenters. The maximum atomic E-state index is 13.5. The van der Waals surface area contributed by atoms with Gasteiger partial charge in [-0.15, -0.1) is 0 Å². The number of likely N-dealkylation sites (N-methyl/N-ethyl adjacent to an activating group) is 1. The van der Waals surface area contributed by atoms with Gasteiger partial charge in [0.2, 0.25) is 0 Å². The quantitative estimate of drug-likeness (QED) is 0.540. The van der Waals surface area contributed by atoms with Gasteiger partial charge in [-0.1, -0.05) is 13.0 Å². The first-order chi connectivity index (χ1) is 17.1. The normalized spacial score (nSPS) is 18.4. The van der Waals surface area contributed by atoms with E-state index in [4.69, 9.17) is 4.74 Å². The molecule has 10 nitrogen and oxygen atoms in total. The number of benzene rings is 1. The molecule has 0 saturated heterocycles. The molecule has 0 spiro atoms. The van der Waals surface area contributed by atoms with Crippen LogP contribution in [0.3, 0.4) is 0 Å². The van der Waals surface area contributed by atoms with E-state index >= 15 is 0 Å². The Balaban J connectivity index is 2.00. The predicted molar refractivity (Wildman–Crippen MR) is 136 cm³/mol. The lowest BCUT2D eigenvalue weighted by Gasteiger charge is -2.38. The molecule has 1 aromatic heterocycles. The lowest BCUT2D eigenvalue weighted by molar-refractivity contribution is 0.0368. The van der Waals surface area contributed by atoms with Gasteiger partial charge in [0.1, 0.15) is 6.10 Å². The van der Waals surface area contributed by atoms with Crippen LogP contribution in [-0.4, -0.2) is 82.7 Å². The number of carbonyl (C=O) groups is 3. The van der Waals surface area contributed by atoms with Crippen molar-refractivity contribution in [1.29, 1.82) is 0 Å². The Morgan fingerprint density at radius 2 is 1.92 bits per heavy atom. The van der Waals surface area contributed by atoms with Crippen LogP contribution in [0.5, 0.6) is 5.75 Å². The highest BCUT2D eigenvalue weighted by molar-refractivity contribution is 6.07. The highest BCUT2D eigenvalue weighted by Gasteiger charge is 2.35. The number of urea groups is 1. The summed E-state index contributed by atoms with van der Waals surface area (Å²) in [5, 5.41) is 15.5. The SMILES string of the molecule is CC(C)NC(=O)N(C)C[C@@H]1Oc2c(NC(=O)c3ccncc3)cccc2C(=O)N([C@@H](C)CO)C[C@H]1C. The molecular weight excluding hydrogens is 462 g/mol. The Labute approximate surface area is 211 Å². The number of aliphatic hydroxyl groups is 1. The van der Waals surface area contributed by atoms with E-state index in [1.165, 1.54) is 12.4 Å². The maximum Gasteiger partial charge on any atom is 0.317 e. The van der Waals surface area contributed by atoms with Gasteiger partial charge in [-0.25, -0.2) is 4.79 Å². The number of carbonyl (C=O) groups excluding carboxylic acids is 3. The van der Waals surface area contributed by atoms with Crippen LogP contribution >= 0.6 is 0 Å². The zero-order chi connectivity index (χ0) is 26.4. The van der Waals surface area contributed by atoms with E-state index < -0.39 is 12.1 Å². The van der Waals surface area contributed by atoms with Gasteiger partial charge in [-0.05, 0) is 45.0 Å². The van der Waals surface area contributed by atoms with Crippen molar-refractivity contribution in [3.8, 4) is 5.75 Å². The molecule has 1 aromatic carbocycles. The lowest BCUT2D eigenvalue weighted by atomic mass is 9.99. The molecule has 1 aliphatic rings. The van der Waals surface area contributed by atoms with Crippen LogP contribution in [0.1, 0.15) is 48.4 Å². The number of fused-ring (bicyclic) bond motifs is 1. The fourth-order valence-electron chi connectivity index (χ4n) is 3.97. The van der Waals surface area contributed by atoms with Crippen molar-refractivity contribution in [1.82, 2.24) is 20.1 Å². The number of hydrogen-bond acceptors (Lipinski definition) is 6. The summed E-state index contributed by atoms with van der Waals surface area (Å²) in [6, 6.07) is 7.47. The van der Waals surface area contributed by atoms with Gasteiger partial charge in [-0.3, -0.25) is 14.6 Å². The molecule has 1 aliphatic heterocycles. The van der Waals surface area contributed by atoms with E-state index in [0.29, 0.717) is 17.8 Å². The van der Waals surface area contributed by atoms with Gasteiger partial charge in [0.05, 0.1) is 30.4 Å². The Morgan fingerprint density at radius 1 is 1.22 bits per heavy atom. The van der Waals surface area contributed by atoms with Crippen molar-refractivity contribution in [3.05, 3.63) is 53.9 Å². The van der Waals surface area contributed by atoms with Gasteiger partial charge in [-0.2, -0.15) is 0 Å². The Bertz CT molecular complexity index is 1080. The van der Waals surface area contributed by atoms with Crippen LogP contribution in [0.25, 0.3) is 0 Å². The molecule has 0 bridgehead atoms. The lowest BCUT2D eigenvalue weighted by Crippen LogP contribution is -2.51. The first kappa shape index (κ1) is 26.9. The van der Waals surface area contributed by atoms with Crippen LogP contribution in [0.15, 0.2) is 42.7 Å². The maximum absolute atomic E-state index is 13.5. The van der Waals surface area contributed by atoms with Crippen molar-refractivity contribution >= 4 is 23.5 Å². The van der Waals surface area contributed by atoms with Gasteiger partial charge in [0.25, 0.3) is 11.8 Å². The number of pyridine rings is 1.